The predicted octanol–water partition coefficient (Wildman–Crippen LogP) is 5.91. The van der Waals surface area contributed by atoms with Gasteiger partial charge in [-0.05, 0) is 70.9 Å². The van der Waals surface area contributed by atoms with E-state index in [0.717, 1.165) is 15.8 Å². The smallest absolute Gasteiger partial charge is 0.270 e. The lowest BCUT2D eigenvalue weighted by Gasteiger charge is -2.14. The minimum atomic E-state index is -0.137. The summed E-state index contributed by atoms with van der Waals surface area (Å²) in [6, 6.07) is 12.7. The summed E-state index contributed by atoms with van der Waals surface area (Å²) < 4.78 is 6.85. The lowest BCUT2D eigenvalue weighted by molar-refractivity contribution is -0.113. The molecule has 25 heavy (non-hydrogen) atoms. The first-order valence-electron chi connectivity index (χ1n) is 7.45. The van der Waals surface area contributed by atoms with Gasteiger partial charge < -0.3 is 4.74 Å². The second-order valence-electron chi connectivity index (χ2n) is 5.12. The molecule has 2 aromatic carbocycles. The molecule has 7 heteroatoms. The van der Waals surface area contributed by atoms with Crippen LogP contribution in [0.4, 0.5) is 5.69 Å². The number of thiocarbonyl (C=S) groups is 1. The Kier molecular flexibility index (Phi) is 5.84. The van der Waals surface area contributed by atoms with Crippen LogP contribution in [0.1, 0.15) is 12.5 Å². The number of anilines is 1. The van der Waals surface area contributed by atoms with Crippen LogP contribution in [0.5, 0.6) is 5.75 Å². The molecule has 0 aromatic heterocycles. The number of nitrogens with zero attached hydrogens (tertiary/aromatic N) is 1. The Hall–Kier alpha value is -1.34. The molecule has 0 atom stereocenters. The van der Waals surface area contributed by atoms with Crippen molar-refractivity contribution in [2.75, 3.05) is 11.5 Å². The van der Waals surface area contributed by atoms with Gasteiger partial charge in [0.25, 0.3) is 5.91 Å². The van der Waals surface area contributed by atoms with E-state index in [4.69, 9.17) is 28.6 Å². The maximum atomic E-state index is 12.7. The number of halogens is 2. The Morgan fingerprint density at radius 2 is 2.00 bits per heavy atom. The Bertz CT molecular complexity index is 868. The molecular formula is C18H13BrClNO2S2. The summed E-state index contributed by atoms with van der Waals surface area (Å²) in [5, 5.41) is 0.615. The number of benzene rings is 2. The molecule has 0 N–H and O–H groups in total. The Labute approximate surface area is 169 Å². The minimum Gasteiger partial charge on any atom is -0.493 e. The van der Waals surface area contributed by atoms with Crippen LogP contribution in [0.25, 0.3) is 6.08 Å². The number of ether oxygens (including phenoxy) is 1. The lowest BCUT2D eigenvalue weighted by Crippen LogP contribution is -2.27. The van der Waals surface area contributed by atoms with E-state index >= 15 is 0 Å². The van der Waals surface area contributed by atoms with E-state index in [1.807, 2.05) is 31.2 Å². The number of carbonyl (C=O) groups excluding carboxylic acids is 1. The Balaban J connectivity index is 1.87. The first-order valence-corrected chi connectivity index (χ1v) is 9.85. The van der Waals surface area contributed by atoms with Crippen molar-refractivity contribution in [2.24, 2.45) is 0 Å². The first kappa shape index (κ1) is 18.5. The standard InChI is InChI=1S/C18H13BrClNO2S2/c1-2-23-15-8-3-11(9-14(15)19)10-16-17(22)21(18(24)25-16)13-6-4-12(20)5-7-13/h3-10H,2H2,1H3/b16-10+. The van der Waals surface area contributed by atoms with E-state index in [1.54, 1.807) is 24.3 Å². The van der Waals surface area contributed by atoms with Gasteiger partial charge in [-0.3, -0.25) is 9.69 Å². The van der Waals surface area contributed by atoms with Crippen LogP contribution in [-0.2, 0) is 4.79 Å². The predicted molar refractivity (Wildman–Crippen MR) is 112 cm³/mol. The summed E-state index contributed by atoms with van der Waals surface area (Å²) in [6.07, 6.45) is 1.83. The summed E-state index contributed by atoms with van der Waals surface area (Å²) in [5.41, 5.74) is 1.61. The van der Waals surface area contributed by atoms with E-state index < -0.39 is 0 Å². The maximum absolute atomic E-state index is 12.7. The summed E-state index contributed by atoms with van der Waals surface area (Å²) in [6.45, 7) is 2.53. The second kappa shape index (κ2) is 7.91. The minimum absolute atomic E-state index is 0.137. The van der Waals surface area contributed by atoms with Crippen molar-refractivity contribution < 1.29 is 9.53 Å². The van der Waals surface area contributed by atoms with Crippen LogP contribution in [0, 0.1) is 0 Å². The summed E-state index contributed by atoms with van der Waals surface area (Å²) in [5.74, 6) is 0.635. The van der Waals surface area contributed by atoms with E-state index in [9.17, 15) is 4.79 Å². The molecule has 3 nitrogen and oxygen atoms in total. The third kappa shape index (κ3) is 4.08. The van der Waals surface area contributed by atoms with Crippen LogP contribution >= 0.6 is 51.5 Å². The van der Waals surface area contributed by atoms with Gasteiger partial charge in [0.1, 0.15) is 5.75 Å². The van der Waals surface area contributed by atoms with Crippen LogP contribution in [0.3, 0.4) is 0 Å². The molecule has 1 amide bonds. The Morgan fingerprint density at radius 1 is 1.28 bits per heavy atom. The molecular weight excluding hydrogens is 442 g/mol. The van der Waals surface area contributed by atoms with Crippen molar-refractivity contribution >= 4 is 73.5 Å². The average molecular weight is 455 g/mol. The topological polar surface area (TPSA) is 29.5 Å². The highest BCUT2D eigenvalue weighted by molar-refractivity contribution is 9.10. The van der Waals surface area contributed by atoms with Gasteiger partial charge >= 0.3 is 0 Å². The highest BCUT2D eigenvalue weighted by atomic mass is 79.9. The average Bonchev–Trinajstić information content (AvgIpc) is 2.85. The van der Waals surface area contributed by atoms with Crippen molar-refractivity contribution in [2.45, 2.75) is 6.92 Å². The number of hydrogen-bond donors (Lipinski definition) is 0. The van der Waals surface area contributed by atoms with Crippen LogP contribution in [-0.4, -0.2) is 16.8 Å². The van der Waals surface area contributed by atoms with Gasteiger partial charge in [-0.2, -0.15) is 0 Å². The molecule has 1 heterocycles. The zero-order valence-electron chi connectivity index (χ0n) is 13.2. The zero-order valence-corrected chi connectivity index (χ0v) is 17.1. The van der Waals surface area contributed by atoms with Crippen LogP contribution in [0.2, 0.25) is 5.02 Å². The largest absolute Gasteiger partial charge is 0.493 e. The number of amides is 1. The summed E-state index contributed by atoms with van der Waals surface area (Å²) >= 11 is 16.1. The van der Waals surface area contributed by atoms with Crippen molar-refractivity contribution in [1.29, 1.82) is 0 Å². The highest BCUT2D eigenvalue weighted by Crippen LogP contribution is 2.37. The third-order valence-electron chi connectivity index (χ3n) is 3.43. The van der Waals surface area contributed by atoms with Gasteiger partial charge in [-0.15, -0.1) is 0 Å². The fourth-order valence-electron chi connectivity index (χ4n) is 2.31. The quantitative estimate of drug-likeness (QED) is 0.424. The molecule has 0 unspecified atom stereocenters. The molecule has 0 bridgehead atoms. The normalized spacial score (nSPS) is 16.0. The molecule has 1 aliphatic rings. The molecule has 128 valence electrons. The van der Waals surface area contributed by atoms with Gasteiger partial charge in [-0.1, -0.05) is 41.6 Å². The number of carbonyl (C=O) groups is 1. The van der Waals surface area contributed by atoms with Crippen LogP contribution < -0.4 is 9.64 Å². The molecule has 0 saturated carbocycles. The van der Waals surface area contributed by atoms with Crippen molar-refractivity contribution in [1.82, 2.24) is 0 Å². The molecule has 0 aliphatic carbocycles. The Morgan fingerprint density at radius 3 is 2.64 bits per heavy atom. The molecule has 1 saturated heterocycles. The van der Waals surface area contributed by atoms with Crippen molar-refractivity contribution in [3.63, 3.8) is 0 Å². The number of rotatable bonds is 4. The molecule has 1 aliphatic heterocycles. The molecule has 2 aromatic rings. The molecule has 3 rings (SSSR count). The van der Waals surface area contributed by atoms with Crippen LogP contribution in [0.15, 0.2) is 51.8 Å². The van der Waals surface area contributed by atoms with Gasteiger partial charge in [0, 0.05) is 5.02 Å². The van der Waals surface area contributed by atoms with Gasteiger partial charge in [0.15, 0.2) is 4.32 Å². The molecule has 0 spiro atoms. The SMILES string of the molecule is CCOc1ccc(/C=C2/SC(=S)N(c3ccc(Cl)cc3)C2=O)cc1Br. The lowest BCUT2D eigenvalue weighted by atomic mass is 10.2. The number of hydrogen-bond acceptors (Lipinski definition) is 4. The van der Waals surface area contributed by atoms with Gasteiger partial charge in [0.05, 0.1) is 21.7 Å². The molecule has 1 fully saturated rings. The zero-order chi connectivity index (χ0) is 18.0. The fourth-order valence-corrected chi connectivity index (χ4v) is 4.25. The molecule has 0 radical (unpaired) electrons. The van der Waals surface area contributed by atoms with E-state index in [1.165, 1.54) is 16.7 Å². The summed E-state index contributed by atoms with van der Waals surface area (Å²) in [7, 11) is 0. The van der Waals surface area contributed by atoms with Crippen molar-refractivity contribution in [3.8, 4) is 5.75 Å². The van der Waals surface area contributed by atoms with Gasteiger partial charge in [0.2, 0.25) is 0 Å². The fraction of sp³-hybridized carbons (Fsp3) is 0.111. The van der Waals surface area contributed by atoms with E-state index in [-0.39, 0.29) is 5.91 Å². The maximum Gasteiger partial charge on any atom is 0.270 e. The number of thioether (sulfide) groups is 1. The monoisotopic (exact) mass is 453 g/mol. The highest BCUT2D eigenvalue weighted by Gasteiger charge is 2.33. The van der Waals surface area contributed by atoms with E-state index in [2.05, 4.69) is 15.9 Å². The third-order valence-corrected chi connectivity index (χ3v) is 5.61. The second-order valence-corrected chi connectivity index (χ2v) is 8.08. The van der Waals surface area contributed by atoms with E-state index in [0.29, 0.717) is 26.5 Å². The van der Waals surface area contributed by atoms with Gasteiger partial charge in [-0.25, -0.2) is 0 Å². The summed E-state index contributed by atoms with van der Waals surface area (Å²) in [4.78, 5) is 14.8. The first-order chi connectivity index (χ1) is 12.0. The van der Waals surface area contributed by atoms with Crippen molar-refractivity contribution in [3.05, 3.63) is 62.4 Å².